The first-order valence-corrected chi connectivity index (χ1v) is 7.37. The molecule has 0 atom stereocenters. The van der Waals surface area contributed by atoms with Crippen LogP contribution in [0.3, 0.4) is 0 Å². The van der Waals surface area contributed by atoms with E-state index in [4.69, 9.17) is 5.73 Å². The number of nitrogens with two attached hydrogens (primary N) is 1. The fraction of sp³-hybridized carbons (Fsp3) is 0.583. The standard InChI is InChI=1S/C12H16BrNOS/c13-10-5-6-16-12(10)11(15)9-3-1-8(7-14)2-4-9/h5-6,8-9H,1-4,7,14H2. The number of thiophene rings is 1. The third-order valence-corrected chi connectivity index (χ3v) is 5.24. The molecule has 16 heavy (non-hydrogen) atoms. The lowest BCUT2D eigenvalue weighted by Crippen LogP contribution is -2.25. The van der Waals surface area contributed by atoms with E-state index < -0.39 is 0 Å². The van der Waals surface area contributed by atoms with Gasteiger partial charge in [0.1, 0.15) is 0 Å². The molecule has 0 spiro atoms. The average Bonchev–Trinajstić information content (AvgIpc) is 2.75. The molecule has 0 amide bonds. The van der Waals surface area contributed by atoms with Crippen molar-refractivity contribution in [3.63, 3.8) is 0 Å². The number of rotatable bonds is 3. The second-order valence-electron chi connectivity index (χ2n) is 4.42. The van der Waals surface area contributed by atoms with Crippen molar-refractivity contribution in [2.45, 2.75) is 25.7 Å². The van der Waals surface area contributed by atoms with Crippen LogP contribution < -0.4 is 5.73 Å². The van der Waals surface area contributed by atoms with Crippen LogP contribution in [0.2, 0.25) is 0 Å². The highest BCUT2D eigenvalue weighted by Crippen LogP contribution is 2.33. The van der Waals surface area contributed by atoms with E-state index in [1.807, 2.05) is 11.4 Å². The zero-order chi connectivity index (χ0) is 11.5. The molecule has 4 heteroatoms. The van der Waals surface area contributed by atoms with Crippen molar-refractivity contribution in [3.8, 4) is 0 Å². The largest absolute Gasteiger partial charge is 0.330 e. The number of halogens is 1. The lowest BCUT2D eigenvalue weighted by atomic mass is 9.80. The highest BCUT2D eigenvalue weighted by atomic mass is 79.9. The molecule has 88 valence electrons. The first-order valence-electron chi connectivity index (χ1n) is 5.69. The number of carbonyl (C=O) groups is 1. The van der Waals surface area contributed by atoms with Crippen molar-refractivity contribution in [1.82, 2.24) is 0 Å². The Morgan fingerprint density at radius 3 is 2.62 bits per heavy atom. The minimum atomic E-state index is 0.220. The van der Waals surface area contributed by atoms with Gasteiger partial charge in [-0.25, -0.2) is 0 Å². The molecule has 0 saturated heterocycles. The van der Waals surface area contributed by atoms with E-state index in [0.717, 1.165) is 41.6 Å². The summed E-state index contributed by atoms with van der Waals surface area (Å²) in [6, 6.07) is 1.95. The Kier molecular flexibility index (Phi) is 4.16. The Bertz CT molecular complexity index is 369. The van der Waals surface area contributed by atoms with Gasteiger partial charge in [-0.3, -0.25) is 4.79 Å². The zero-order valence-electron chi connectivity index (χ0n) is 9.12. The lowest BCUT2D eigenvalue weighted by molar-refractivity contribution is 0.0877. The topological polar surface area (TPSA) is 43.1 Å². The lowest BCUT2D eigenvalue weighted by Gasteiger charge is -2.26. The maximum atomic E-state index is 12.2. The molecule has 1 aliphatic carbocycles. The first kappa shape index (κ1) is 12.3. The summed E-state index contributed by atoms with van der Waals surface area (Å²) in [4.78, 5) is 13.1. The third kappa shape index (κ3) is 2.55. The molecule has 1 aromatic rings. The number of Topliss-reactive ketones (excluding diaryl/α,β-unsaturated/α-hetero) is 1. The van der Waals surface area contributed by atoms with Crippen LogP contribution in [-0.4, -0.2) is 12.3 Å². The normalized spacial score (nSPS) is 25.6. The Hall–Kier alpha value is -0.190. The second-order valence-corrected chi connectivity index (χ2v) is 6.19. The van der Waals surface area contributed by atoms with Crippen LogP contribution in [0.4, 0.5) is 0 Å². The number of hydrogen-bond acceptors (Lipinski definition) is 3. The highest BCUT2D eigenvalue weighted by molar-refractivity contribution is 9.10. The predicted octanol–water partition coefficient (Wildman–Crippen LogP) is 3.46. The van der Waals surface area contributed by atoms with Crippen molar-refractivity contribution in [2.24, 2.45) is 17.6 Å². The van der Waals surface area contributed by atoms with Crippen LogP contribution in [0.1, 0.15) is 35.4 Å². The zero-order valence-corrected chi connectivity index (χ0v) is 11.5. The molecule has 1 fully saturated rings. The van der Waals surface area contributed by atoms with Crippen LogP contribution in [0.25, 0.3) is 0 Å². The summed E-state index contributed by atoms with van der Waals surface area (Å²) in [7, 11) is 0. The van der Waals surface area contributed by atoms with E-state index in [9.17, 15) is 4.79 Å². The fourth-order valence-electron chi connectivity index (χ4n) is 2.32. The maximum Gasteiger partial charge on any atom is 0.176 e. The smallest absolute Gasteiger partial charge is 0.176 e. The van der Waals surface area contributed by atoms with Crippen LogP contribution in [0.5, 0.6) is 0 Å². The molecule has 0 radical (unpaired) electrons. The van der Waals surface area contributed by atoms with Gasteiger partial charge in [-0.05, 0) is 65.5 Å². The van der Waals surface area contributed by atoms with E-state index >= 15 is 0 Å². The van der Waals surface area contributed by atoms with Gasteiger partial charge in [-0.1, -0.05) is 0 Å². The number of ketones is 1. The van der Waals surface area contributed by atoms with Crippen molar-refractivity contribution < 1.29 is 4.79 Å². The fourth-order valence-corrected chi connectivity index (χ4v) is 3.90. The molecular weight excluding hydrogens is 286 g/mol. The molecule has 0 aromatic carbocycles. The SMILES string of the molecule is NCC1CCC(C(=O)c2sccc2Br)CC1. The summed E-state index contributed by atoms with van der Waals surface area (Å²) in [6.45, 7) is 0.767. The van der Waals surface area contributed by atoms with E-state index in [2.05, 4.69) is 15.9 Å². The van der Waals surface area contributed by atoms with Crippen LogP contribution in [-0.2, 0) is 0 Å². The average molecular weight is 302 g/mol. The summed E-state index contributed by atoms with van der Waals surface area (Å²) < 4.78 is 0.948. The van der Waals surface area contributed by atoms with Crippen molar-refractivity contribution in [1.29, 1.82) is 0 Å². The monoisotopic (exact) mass is 301 g/mol. The van der Waals surface area contributed by atoms with E-state index in [0.29, 0.717) is 11.7 Å². The van der Waals surface area contributed by atoms with Crippen LogP contribution in [0, 0.1) is 11.8 Å². The summed E-state index contributed by atoms with van der Waals surface area (Å²) in [5.41, 5.74) is 5.65. The highest BCUT2D eigenvalue weighted by Gasteiger charge is 2.27. The molecule has 2 rings (SSSR count). The van der Waals surface area contributed by atoms with Crippen LogP contribution in [0.15, 0.2) is 15.9 Å². The van der Waals surface area contributed by atoms with Crippen molar-refractivity contribution in [3.05, 3.63) is 20.8 Å². The minimum absolute atomic E-state index is 0.220. The van der Waals surface area contributed by atoms with Gasteiger partial charge in [0.2, 0.25) is 0 Å². The quantitative estimate of drug-likeness (QED) is 0.869. The molecule has 0 aliphatic heterocycles. The number of carbonyl (C=O) groups excluding carboxylic acids is 1. The molecule has 2 nitrogen and oxygen atoms in total. The van der Waals surface area contributed by atoms with Gasteiger partial charge >= 0.3 is 0 Å². The van der Waals surface area contributed by atoms with Gasteiger partial charge in [-0.15, -0.1) is 11.3 Å². The summed E-state index contributed by atoms with van der Waals surface area (Å²) >= 11 is 4.97. The summed E-state index contributed by atoms with van der Waals surface area (Å²) in [6.07, 6.45) is 4.22. The minimum Gasteiger partial charge on any atom is -0.330 e. The molecule has 2 N–H and O–H groups in total. The van der Waals surface area contributed by atoms with Crippen molar-refractivity contribution >= 4 is 33.0 Å². The summed E-state index contributed by atoms with van der Waals surface area (Å²) in [5.74, 6) is 1.17. The predicted molar refractivity (Wildman–Crippen MR) is 70.9 cm³/mol. The Labute approximate surface area is 108 Å². The molecule has 0 bridgehead atoms. The Morgan fingerprint density at radius 2 is 2.12 bits per heavy atom. The first-order chi connectivity index (χ1) is 7.72. The molecule has 1 saturated carbocycles. The van der Waals surface area contributed by atoms with Gasteiger partial charge in [0.25, 0.3) is 0 Å². The second kappa shape index (κ2) is 5.43. The van der Waals surface area contributed by atoms with Crippen LogP contribution >= 0.6 is 27.3 Å². The van der Waals surface area contributed by atoms with E-state index in [-0.39, 0.29) is 5.92 Å². The molecular formula is C12H16BrNOS. The van der Waals surface area contributed by atoms with Gasteiger partial charge in [0.15, 0.2) is 5.78 Å². The van der Waals surface area contributed by atoms with Crippen molar-refractivity contribution in [2.75, 3.05) is 6.54 Å². The van der Waals surface area contributed by atoms with E-state index in [1.165, 1.54) is 11.3 Å². The molecule has 0 unspecified atom stereocenters. The Morgan fingerprint density at radius 1 is 1.44 bits per heavy atom. The molecule has 1 heterocycles. The molecule has 1 aliphatic rings. The maximum absolute atomic E-state index is 12.2. The van der Waals surface area contributed by atoms with Gasteiger partial charge in [0, 0.05) is 10.4 Å². The summed E-state index contributed by atoms with van der Waals surface area (Å²) in [5, 5.41) is 1.96. The van der Waals surface area contributed by atoms with Gasteiger partial charge in [-0.2, -0.15) is 0 Å². The Balaban J connectivity index is 2.00. The van der Waals surface area contributed by atoms with Gasteiger partial charge < -0.3 is 5.73 Å². The third-order valence-electron chi connectivity index (χ3n) is 3.39. The van der Waals surface area contributed by atoms with Gasteiger partial charge in [0.05, 0.1) is 4.88 Å². The number of hydrogen-bond donors (Lipinski definition) is 1. The van der Waals surface area contributed by atoms with E-state index in [1.54, 1.807) is 0 Å². The molecule has 1 aromatic heterocycles.